The summed E-state index contributed by atoms with van der Waals surface area (Å²) >= 11 is 0. The van der Waals surface area contributed by atoms with Crippen LogP contribution in [0.25, 0.3) is 10.8 Å². The fraction of sp³-hybridized carbons (Fsp3) is 0.353. The van der Waals surface area contributed by atoms with Gasteiger partial charge < -0.3 is 4.90 Å². The van der Waals surface area contributed by atoms with Gasteiger partial charge in [0, 0.05) is 18.7 Å². The first-order valence-electron chi connectivity index (χ1n) is 7.02. The van der Waals surface area contributed by atoms with Gasteiger partial charge in [-0.1, -0.05) is 37.3 Å². The summed E-state index contributed by atoms with van der Waals surface area (Å²) in [5, 5.41) is 2.32. The van der Waals surface area contributed by atoms with Gasteiger partial charge in [0.2, 0.25) is 0 Å². The van der Waals surface area contributed by atoms with Crippen LogP contribution >= 0.6 is 0 Å². The number of hydrogen-bond donors (Lipinski definition) is 0. The predicted octanol–water partition coefficient (Wildman–Crippen LogP) is 3.71. The molecule has 2 nitrogen and oxygen atoms in total. The Bertz CT molecular complexity index is 605. The molecule has 2 heteroatoms. The molecule has 0 saturated carbocycles. The third kappa shape index (κ3) is 2.48. The van der Waals surface area contributed by atoms with E-state index in [9.17, 15) is 4.79 Å². The van der Waals surface area contributed by atoms with Crippen LogP contribution < -0.4 is 0 Å². The Labute approximate surface area is 114 Å². The molecule has 1 saturated heterocycles. The summed E-state index contributed by atoms with van der Waals surface area (Å²) in [5.41, 5.74) is 0.813. The minimum Gasteiger partial charge on any atom is -0.338 e. The lowest BCUT2D eigenvalue weighted by atomic mass is 9.99. The van der Waals surface area contributed by atoms with Crippen LogP contribution in [0.4, 0.5) is 0 Å². The maximum absolute atomic E-state index is 12.5. The molecule has 1 amide bonds. The van der Waals surface area contributed by atoms with E-state index >= 15 is 0 Å². The average molecular weight is 253 g/mol. The lowest BCUT2D eigenvalue weighted by molar-refractivity contribution is 0.0683. The van der Waals surface area contributed by atoms with Crippen molar-refractivity contribution in [3.63, 3.8) is 0 Å². The largest absolute Gasteiger partial charge is 0.338 e. The van der Waals surface area contributed by atoms with Crippen molar-refractivity contribution < 1.29 is 4.79 Å². The number of amides is 1. The Morgan fingerprint density at radius 2 is 1.95 bits per heavy atom. The van der Waals surface area contributed by atoms with Crippen LogP contribution in [0.5, 0.6) is 0 Å². The van der Waals surface area contributed by atoms with Gasteiger partial charge in [-0.05, 0) is 41.7 Å². The van der Waals surface area contributed by atoms with E-state index in [1.165, 1.54) is 11.8 Å². The van der Waals surface area contributed by atoms with Gasteiger partial charge in [-0.15, -0.1) is 0 Å². The van der Waals surface area contributed by atoms with Crippen LogP contribution in [0.15, 0.2) is 42.5 Å². The molecule has 98 valence electrons. The number of carbonyl (C=O) groups is 1. The maximum atomic E-state index is 12.5. The molecule has 0 aromatic heterocycles. The maximum Gasteiger partial charge on any atom is 0.253 e. The van der Waals surface area contributed by atoms with Crippen molar-refractivity contribution in [3.05, 3.63) is 48.0 Å². The number of nitrogens with zero attached hydrogens (tertiary/aromatic N) is 1. The summed E-state index contributed by atoms with van der Waals surface area (Å²) in [6, 6.07) is 14.2. The van der Waals surface area contributed by atoms with E-state index in [0.717, 1.165) is 30.5 Å². The number of hydrogen-bond acceptors (Lipinski definition) is 1. The Morgan fingerprint density at radius 3 is 2.74 bits per heavy atom. The molecule has 2 aromatic carbocycles. The van der Waals surface area contributed by atoms with E-state index in [1.54, 1.807) is 0 Å². The molecule has 0 spiro atoms. The highest BCUT2D eigenvalue weighted by Gasteiger charge is 2.21. The molecule has 19 heavy (non-hydrogen) atoms. The molecule has 0 aliphatic carbocycles. The predicted molar refractivity (Wildman–Crippen MR) is 78.2 cm³/mol. The highest BCUT2D eigenvalue weighted by Crippen LogP contribution is 2.20. The molecule has 1 unspecified atom stereocenters. The van der Waals surface area contributed by atoms with Crippen molar-refractivity contribution in [1.82, 2.24) is 4.90 Å². The lowest BCUT2D eigenvalue weighted by Gasteiger charge is -2.31. The Balaban J connectivity index is 1.88. The van der Waals surface area contributed by atoms with Crippen molar-refractivity contribution in [3.8, 4) is 0 Å². The number of carbonyl (C=O) groups excluding carboxylic acids is 1. The highest BCUT2D eigenvalue weighted by molar-refractivity contribution is 5.98. The molecule has 1 aliphatic rings. The van der Waals surface area contributed by atoms with Gasteiger partial charge in [-0.25, -0.2) is 0 Å². The lowest BCUT2D eigenvalue weighted by Crippen LogP contribution is -2.39. The molecule has 0 bridgehead atoms. The van der Waals surface area contributed by atoms with Gasteiger partial charge in [0.1, 0.15) is 0 Å². The normalized spacial score (nSPS) is 19.6. The summed E-state index contributed by atoms with van der Waals surface area (Å²) in [5.74, 6) is 0.801. The third-order valence-corrected chi connectivity index (χ3v) is 3.94. The SMILES string of the molecule is CC1CCCN(C(=O)c2ccc3ccccc3c2)C1. The molecule has 1 heterocycles. The zero-order chi connectivity index (χ0) is 13.2. The Hall–Kier alpha value is -1.83. The summed E-state index contributed by atoms with van der Waals surface area (Å²) in [7, 11) is 0. The second kappa shape index (κ2) is 5.04. The van der Waals surface area contributed by atoms with Crippen molar-refractivity contribution in [1.29, 1.82) is 0 Å². The van der Waals surface area contributed by atoms with E-state index in [4.69, 9.17) is 0 Å². The molecule has 2 aromatic rings. The molecule has 1 fully saturated rings. The fourth-order valence-corrected chi connectivity index (χ4v) is 2.88. The molecule has 1 atom stereocenters. The number of rotatable bonds is 1. The molecule has 3 rings (SSSR count). The average Bonchev–Trinajstić information content (AvgIpc) is 2.46. The smallest absolute Gasteiger partial charge is 0.253 e. The molecular formula is C17H19NO. The van der Waals surface area contributed by atoms with Crippen LogP contribution in [0.2, 0.25) is 0 Å². The first kappa shape index (κ1) is 12.2. The Morgan fingerprint density at radius 1 is 1.16 bits per heavy atom. The number of likely N-dealkylation sites (tertiary alicyclic amines) is 1. The van der Waals surface area contributed by atoms with Crippen molar-refractivity contribution in [2.75, 3.05) is 13.1 Å². The standard InChI is InChI=1S/C17H19NO/c1-13-5-4-10-18(12-13)17(19)16-9-8-14-6-2-3-7-15(14)11-16/h2-3,6-9,11,13H,4-5,10,12H2,1H3. The Kier molecular flexibility index (Phi) is 3.24. The van der Waals surface area contributed by atoms with Crippen molar-refractivity contribution in [2.45, 2.75) is 19.8 Å². The summed E-state index contributed by atoms with van der Waals surface area (Å²) in [4.78, 5) is 14.5. The monoisotopic (exact) mass is 253 g/mol. The molecule has 0 radical (unpaired) electrons. The van der Waals surface area contributed by atoms with Crippen LogP contribution in [0.3, 0.4) is 0 Å². The number of piperidine rings is 1. The van der Waals surface area contributed by atoms with Crippen molar-refractivity contribution >= 4 is 16.7 Å². The van der Waals surface area contributed by atoms with E-state index in [-0.39, 0.29) is 5.91 Å². The summed E-state index contributed by atoms with van der Waals surface area (Å²) in [6.07, 6.45) is 2.36. The number of benzene rings is 2. The molecule has 0 N–H and O–H groups in total. The van der Waals surface area contributed by atoms with Crippen molar-refractivity contribution in [2.24, 2.45) is 5.92 Å². The highest BCUT2D eigenvalue weighted by atomic mass is 16.2. The van der Waals surface area contributed by atoms with Gasteiger partial charge in [0.15, 0.2) is 0 Å². The van der Waals surface area contributed by atoms with E-state index < -0.39 is 0 Å². The van der Waals surface area contributed by atoms with Gasteiger partial charge in [-0.3, -0.25) is 4.79 Å². The second-order valence-corrected chi connectivity index (χ2v) is 5.56. The first-order chi connectivity index (χ1) is 9.24. The van der Waals surface area contributed by atoms with Gasteiger partial charge >= 0.3 is 0 Å². The van der Waals surface area contributed by atoms with Gasteiger partial charge in [0.05, 0.1) is 0 Å². The molecular weight excluding hydrogens is 234 g/mol. The minimum absolute atomic E-state index is 0.178. The van der Waals surface area contributed by atoms with E-state index in [1.807, 2.05) is 35.2 Å². The zero-order valence-electron chi connectivity index (χ0n) is 11.3. The minimum atomic E-state index is 0.178. The zero-order valence-corrected chi connectivity index (χ0v) is 11.3. The fourth-order valence-electron chi connectivity index (χ4n) is 2.88. The summed E-state index contributed by atoms with van der Waals surface area (Å²) < 4.78 is 0. The first-order valence-corrected chi connectivity index (χ1v) is 7.02. The van der Waals surface area contributed by atoms with Crippen LogP contribution in [0.1, 0.15) is 30.1 Å². The summed E-state index contributed by atoms with van der Waals surface area (Å²) in [6.45, 7) is 4.02. The van der Waals surface area contributed by atoms with Gasteiger partial charge in [0.25, 0.3) is 5.91 Å². The van der Waals surface area contributed by atoms with Gasteiger partial charge in [-0.2, -0.15) is 0 Å². The third-order valence-electron chi connectivity index (χ3n) is 3.94. The second-order valence-electron chi connectivity index (χ2n) is 5.56. The van der Waals surface area contributed by atoms with Crippen LogP contribution in [-0.4, -0.2) is 23.9 Å². The quantitative estimate of drug-likeness (QED) is 0.758. The van der Waals surface area contributed by atoms with Crippen LogP contribution in [0, 0.1) is 5.92 Å². The van der Waals surface area contributed by atoms with E-state index in [2.05, 4.69) is 19.1 Å². The topological polar surface area (TPSA) is 20.3 Å². The molecule has 1 aliphatic heterocycles. The van der Waals surface area contributed by atoms with Crippen LogP contribution in [-0.2, 0) is 0 Å². The van der Waals surface area contributed by atoms with E-state index in [0.29, 0.717) is 5.92 Å². The number of fused-ring (bicyclic) bond motifs is 1.